The van der Waals surface area contributed by atoms with Gasteiger partial charge in [0, 0.05) is 25.3 Å². The molecule has 0 aliphatic carbocycles. The van der Waals surface area contributed by atoms with Crippen LogP contribution in [0, 0.1) is 0 Å². The first kappa shape index (κ1) is 13.0. The first-order valence-corrected chi connectivity index (χ1v) is 6.14. The van der Waals surface area contributed by atoms with Crippen LogP contribution in [0.5, 0.6) is 0 Å². The molecule has 1 aliphatic rings. The first-order chi connectivity index (χ1) is 8.63. The average Bonchev–Trinajstić information content (AvgIpc) is 2.87. The van der Waals surface area contributed by atoms with Crippen LogP contribution in [0.15, 0.2) is 12.3 Å². The average molecular weight is 255 g/mol. The Morgan fingerprint density at radius 3 is 3.11 bits per heavy atom. The van der Waals surface area contributed by atoms with Crippen LogP contribution in [-0.4, -0.2) is 53.1 Å². The molecule has 1 aromatic rings. The molecule has 6 heteroatoms. The van der Waals surface area contributed by atoms with Crippen molar-refractivity contribution in [3.05, 3.63) is 18.0 Å². The zero-order valence-electron chi connectivity index (χ0n) is 10.7. The maximum absolute atomic E-state index is 12.6. The van der Waals surface area contributed by atoms with Crippen LogP contribution in [-0.2, 0) is 4.74 Å². The zero-order valence-corrected chi connectivity index (χ0v) is 10.7. The lowest BCUT2D eigenvalue weighted by atomic mass is 10.2. The number of ether oxygens (including phenoxy) is 1. The molecule has 0 bridgehead atoms. The van der Waals surface area contributed by atoms with Crippen LogP contribution in [0.3, 0.4) is 0 Å². The fourth-order valence-electron chi connectivity index (χ4n) is 2.05. The normalized spacial score (nSPS) is 20.4. The van der Waals surface area contributed by atoms with Crippen molar-refractivity contribution in [3.63, 3.8) is 0 Å². The van der Waals surface area contributed by atoms with Crippen molar-refractivity contribution < 1.29 is 13.9 Å². The van der Waals surface area contributed by atoms with Crippen molar-refractivity contribution in [2.75, 3.05) is 26.4 Å². The second-order valence-corrected chi connectivity index (χ2v) is 4.65. The van der Waals surface area contributed by atoms with Crippen molar-refractivity contribution in [1.82, 2.24) is 14.7 Å². The highest BCUT2D eigenvalue weighted by molar-refractivity contribution is 5.92. The van der Waals surface area contributed by atoms with E-state index in [2.05, 4.69) is 5.10 Å². The highest BCUT2D eigenvalue weighted by Gasteiger charge is 2.27. The molecule has 5 nitrogen and oxygen atoms in total. The molecule has 0 aromatic carbocycles. The van der Waals surface area contributed by atoms with Gasteiger partial charge in [-0.3, -0.25) is 9.48 Å². The molecule has 1 amide bonds. The number of nitrogens with zero attached hydrogens (tertiary/aromatic N) is 3. The van der Waals surface area contributed by atoms with Gasteiger partial charge in [-0.1, -0.05) is 0 Å². The van der Waals surface area contributed by atoms with Gasteiger partial charge in [0.2, 0.25) is 0 Å². The number of morpholine rings is 1. The number of halogens is 1. The van der Waals surface area contributed by atoms with Crippen LogP contribution < -0.4 is 0 Å². The van der Waals surface area contributed by atoms with Gasteiger partial charge in [0.05, 0.1) is 6.61 Å². The van der Waals surface area contributed by atoms with Gasteiger partial charge >= 0.3 is 0 Å². The number of alkyl halides is 1. The van der Waals surface area contributed by atoms with E-state index < -0.39 is 12.8 Å². The molecule has 18 heavy (non-hydrogen) atoms. The van der Waals surface area contributed by atoms with E-state index >= 15 is 0 Å². The summed E-state index contributed by atoms with van der Waals surface area (Å²) in [5.41, 5.74) is 0.546. The smallest absolute Gasteiger partial charge is 0.272 e. The van der Waals surface area contributed by atoms with Crippen molar-refractivity contribution in [1.29, 1.82) is 0 Å². The molecule has 1 unspecified atom stereocenters. The minimum absolute atomic E-state index is 0.108. The Hall–Kier alpha value is -1.43. The van der Waals surface area contributed by atoms with E-state index in [0.29, 0.717) is 25.4 Å². The van der Waals surface area contributed by atoms with Crippen molar-refractivity contribution in [2.45, 2.75) is 26.0 Å². The van der Waals surface area contributed by atoms with Crippen molar-refractivity contribution in [3.8, 4) is 0 Å². The fraction of sp³-hybridized carbons (Fsp3) is 0.667. The molecular weight excluding hydrogens is 237 g/mol. The lowest BCUT2D eigenvalue weighted by Crippen LogP contribution is -2.47. The molecule has 1 fully saturated rings. The minimum atomic E-state index is -0.562. The quantitative estimate of drug-likeness (QED) is 0.817. The Balaban J connectivity index is 2.13. The second kappa shape index (κ2) is 5.48. The van der Waals surface area contributed by atoms with E-state index in [1.807, 2.05) is 13.8 Å². The molecule has 1 aromatic heterocycles. The highest BCUT2D eigenvalue weighted by Crippen LogP contribution is 2.14. The number of hydrogen-bond donors (Lipinski definition) is 0. The second-order valence-electron chi connectivity index (χ2n) is 4.65. The molecule has 0 radical (unpaired) electrons. The van der Waals surface area contributed by atoms with Gasteiger partial charge in [-0.05, 0) is 19.9 Å². The topological polar surface area (TPSA) is 47.4 Å². The first-order valence-electron chi connectivity index (χ1n) is 6.14. The number of carbonyl (C=O) groups excluding carboxylic acids is 1. The van der Waals surface area contributed by atoms with Gasteiger partial charge in [-0.25, -0.2) is 4.39 Å². The Morgan fingerprint density at radius 1 is 1.67 bits per heavy atom. The molecular formula is C12H18FN3O2. The van der Waals surface area contributed by atoms with Crippen LogP contribution in [0.1, 0.15) is 30.4 Å². The lowest BCUT2D eigenvalue weighted by Gasteiger charge is -2.31. The van der Waals surface area contributed by atoms with E-state index in [9.17, 15) is 9.18 Å². The SMILES string of the molecule is CC(C)n1nccc1C(=O)N1CCOC(CF)C1. The van der Waals surface area contributed by atoms with Gasteiger partial charge in [0.15, 0.2) is 0 Å². The summed E-state index contributed by atoms with van der Waals surface area (Å²) in [7, 11) is 0. The standard InChI is InChI=1S/C12H18FN3O2/c1-9(2)16-11(3-4-14-16)12(17)15-5-6-18-10(7-13)8-15/h3-4,9-10H,5-8H2,1-2H3. The van der Waals surface area contributed by atoms with Crippen LogP contribution in [0.25, 0.3) is 0 Å². The summed E-state index contributed by atoms with van der Waals surface area (Å²) in [6.07, 6.45) is 1.11. The molecule has 1 saturated heterocycles. The maximum atomic E-state index is 12.6. The number of hydrogen-bond acceptors (Lipinski definition) is 3. The largest absolute Gasteiger partial charge is 0.372 e. The predicted octanol–water partition coefficient (Wildman–Crippen LogP) is 1.27. The van der Waals surface area contributed by atoms with Gasteiger partial charge in [0.25, 0.3) is 5.91 Å². The number of rotatable bonds is 3. The molecule has 0 saturated carbocycles. The minimum Gasteiger partial charge on any atom is -0.372 e. The monoisotopic (exact) mass is 255 g/mol. The van der Waals surface area contributed by atoms with Crippen LogP contribution >= 0.6 is 0 Å². The van der Waals surface area contributed by atoms with E-state index in [1.54, 1.807) is 21.8 Å². The summed E-state index contributed by atoms with van der Waals surface area (Å²) >= 11 is 0. The number of carbonyl (C=O) groups is 1. The summed E-state index contributed by atoms with van der Waals surface area (Å²) in [5.74, 6) is -0.108. The Morgan fingerprint density at radius 2 is 2.44 bits per heavy atom. The van der Waals surface area contributed by atoms with Crippen molar-refractivity contribution >= 4 is 5.91 Å². The number of aromatic nitrogens is 2. The lowest BCUT2D eigenvalue weighted by molar-refractivity contribution is -0.0314. The van der Waals surface area contributed by atoms with Gasteiger partial charge in [0.1, 0.15) is 18.5 Å². The summed E-state index contributed by atoms with van der Waals surface area (Å²) in [6, 6.07) is 1.82. The van der Waals surface area contributed by atoms with E-state index in [1.165, 1.54) is 0 Å². The molecule has 1 aliphatic heterocycles. The maximum Gasteiger partial charge on any atom is 0.272 e. The predicted molar refractivity (Wildman–Crippen MR) is 64.2 cm³/mol. The van der Waals surface area contributed by atoms with Crippen molar-refractivity contribution in [2.24, 2.45) is 0 Å². The molecule has 100 valence electrons. The van der Waals surface area contributed by atoms with E-state index in [-0.39, 0.29) is 11.9 Å². The Kier molecular flexibility index (Phi) is 3.96. The number of amides is 1. The third-order valence-corrected chi connectivity index (χ3v) is 2.98. The molecule has 2 rings (SSSR count). The van der Waals surface area contributed by atoms with Gasteiger partial charge in [-0.2, -0.15) is 5.10 Å². The summed E-state index contributed by atoms with van der Waals surface area (Å²) in [4.78, 5) is 14.0. The highest BCUT2D eigenvalue weighted by atomic mass is 19.1. The zero-order chi connectivity index (χ0) is 13.1. The summed E-state index contributed by atoms with van der Waals surface area (Å²) in [6.45, 7) is 4.56. The molecule has 0 N–H and O–H groups in total. The van der Waals surface area contributed by atoms with E-state index in [0.717, 1.165) is 0 Å². The molecule has 1 atom stereocenters. The third-order valence-electron chi connectivity index (χ3n) is 2.98. The van der Waals surface area contributed by atoms with Crippen LogP contribution in [0.4, 0.5) is 4.39 Å². The summed E-state index contributed by atoms with van der Waals surface area (Å²) < 4.78 is 19.5. The Bertz CT molecular complexity index is 419. The summed E-state index contributed by atoms with van der Waals surface area (Å²) in [5, 5.41) is 4.13. The molecule has 2 heterocycles. The van der Waals surface area contributed by atoms with E-state index in [4.69, 9.17) is 4.74 Å². The fourth-order valence-corrected chi connectivity index (χ4v) is 2.05. The van der Waals surface area contributed by atoms with Gasteiger partial charge in [-0.15, -0.1) is 0 Å². The third kappa shape index (κ3) is 2.53. The Labute approximate surface area is 106 Å². The molecule has 0 spiro atoms. The van der Waals surface area contributed by atoms with Crippen LogP contribution in [0.2, 0.25) is 0 Å². The van der Waals surface area contributed by atoms with Gasteiger partial charge < -0.3 is 9.64 Å².